The standard InChI is InChI=1S/C15H21NO4/c1-3-18-15(17)8-9-16-11(2)14-10-19-12-6-4-5-7-13(12)20-14/h4-7,11,14,16H,3,8-10H2,1-2H3/t11-,14-/m0/s1. The highest BCUT2D eigenvalue weighted by atomic mass is 16.6. The topological polar surface area (TPSA) is 56.8 Å². The monoisotopic (exact) mass is 279 g/mol. The lowest BCUT2D eigenvalue weighted by atomic mass is 10.1. The molecular formula is C15H21NO4. The van der Waals surface area contributed by atoms with Gasteiger partial charge < -0.3 is 19.5 Å². The molecular weight excluding hydrogens is 258 g/mol. The molecule has 0 unspecified atom stereocenters. The quantitative estimate of drug-likeness (QED) is 0.804. The maximum atomic E-state index is 11.2. The molecule has 0 radical (unpaired) electrons. The second kappa shape index (κ2) is 7.14. The van der Waals surface area contributed by atoms with E-state index in [1.165, 1.54) is 0 Å². The van der Waals surface area contributed by atoms with E-state index in [1.807, 2.05) is 31.2 Å². The van der Waals surface area contributed by atoms with E-state index >= 15 is 0 Å². The first-order chi connectivity index (χ1) is 9.70. The van der Waals surface area contributed by atoms with Crippen molar-refractivity contribution in [1.82, 2.24) is 5.32 Å². The molecule has 110 valence electrons. The summed E-state index contributed by atoms with van der Waals surface area (Å²) < 4.78 is 16.4. The number of carbonyl (C=O) groups excluding carboxylic acids is 1. The molecule has 1 aromatic rings. The molecule has 20 heavy (non-hydrogen) atoms. The van der Waals surface area contributed by atoms with E-state index in [0.29, 0.717) is 26.2 Å². The van der Waals surface area contributed by atoms with Crippen LogP contribution < -0.4 is 14.8 Å². The Morgan fingerprint density at radius 1 is 1.45 bits per heavy atom. The molecule has 0 saturated carbocycles. The van der Waals surface area contributed by atoms with E-state index in [-0.39, 0.29) is 18.1 Å². The van der Waals surface area contributed by atoms with Crippen molar-refractivity contribution in [2.45, 2.75) is 32.4 Å². The molecule has 1 aromatic carbocycles. The van der Waals surface area contributed by atoms with Crippen LogP contribution in [0.4, 0.5) is 0 Å². The average Bonchev–Trinajstić information content (AvgIpc) is 2.47. The fourth-order valence-corrected chi connectivity index (χ4v) is 2.05. The van der Waals surface area contributed by atoms with Crippen molar-refractivity contribution in [1.29, 1.82) is 0 Å². The van der Waals surface area contributed by atoms with Gasteiger partial charge in [0.25, 0.3) is 0 Å². The van der Waals surface area contributed by atoms with Crippen LogP contribution in [-0.4, -0.2) is 37.9 Å². The van der Waals surface area contributed by atoms with E-state index < -0.39 is 0 Å². The molecule has 0 saturated heterocycles. The van der Waals surface area contributed by atoms with Crippen molar-refractivity contribution in [2.24, 2.45) is 0 Å². The number of ether oxygens (including phenoxy) is 3. The maximum Gasteiger partial charge on any atom is 0.307 e. The van der Waals surface area contributed by atoms with Crippen molar-refractivity contribution >= 4 is 5.97 Å². The maximum absolute atomic E-state index is 11.2. The predicted molar refractivity (Wildman–Crippen MR) is 75.1 cm³/mol. The Morgan fingerprint density at radius 3 is 2.95 bits per heavy atom. The van der Waals surface area contributed by atoms with Gasteiger partial charge in [-0.25, -0.2) is 0 Å². The molecule has 0 aromatic heterocycles. The van der Waals surface area contributed by atoms with Crippen LogP contribution in [0.3, 0.4) is 0 Å². The Labute approximate surface area is 119 Å². The lowest BCUT2D eigenvalue weighted by Crippen LogP contribution is -2.46. The van der Waals surface area contributed by atoms with Gasteiger partial charge in [0.1, 0.15) is 12.7 Å². The summed E-state index contributed by atoms with van der Waals surface area (Å²) in [6.07, 6.45) is 0.301. The number of esters is 1. The Balaban J connectivity index is 1.77. The van der Waals surface area contributed by atoms with Crippen LogP contribution in [0.5, 0.6) is 11.5 Å². The summed E-state index contributed by atoms with van der Waals surface area (Å²) in [6.45, 7) is 5.32. The molecule has 0 fully saturated rings. The number of rotatable bonds is 6. The van der Waals surface area contributed by atoms with Gasteiger partial charge in [0.05, 0.1) is 13.0 Å². The Bertz CT molecular complexity index is 449. The highest BCUT2D eigenvalue weighted by molar-refractivity contribution is 5.69. The minimum absolute atomic E-state index is 0.0629. The second-order valence-corrected chi connectivity index (χ2v) is 4.71. The number of hydrogen-bond acceptors (Lipinski definition) is 5. The van der Waals surface area contributed by atoms with Crippen LogP contribution in [0.25, 0.3) is 0 Å². The highest BCUT2D eigenvalue weighted by Gasteiger charge is 2.25. The van der Waals surface area contributed by atoms with Gasteiger partial charge in [-0.2, -0.15) is 0 Å². The number of para-hydroxylation sites is 2. The molecule has 1 heterocycles. The van der Waals surface area contributed by atoms with Gasteiger partial charge in [0, 0.05) is 12.6 Å². The number of fused-ring (bicyclic) bond motifs is 1. The van der Waals surface area contributed by atoms with E-state index in [2.05, 4.69) is 5.32 Å². The zero-order chi connectivity index (χ0) is 14.4. The van der Waals surface area contributed by atoms with Crippen molar-refractivity contribution in [3.63, 3.8) is 0 Å². The largest absolute Gasteiger partial charge is 0.486 e. The second-order valence-electron chi connectivity index (χ2n) is 4.71. The summed E-state index contributed by atoms with van der Waals surface area (Å²) in [7, 11) is 0. The summed E-state index contributed by atoms with van der Waals surface area (Å²) in [5, 5.41) is 3.27. The van der Waals surface area contributed by atoms with E-state index in [4.69, 9.17) is 14.2 Å². The number of carbonyl (C=O) groups is 1. The summed E-state index contributed by atoms with van der Waals surface area (Å²) in [5.74, 6) is 1.36. The van der Waals surface area contributed by atoms with Gasteiger partial charge in [-0.15, -0.1) is 0 Å². The summed E-state index contributed by atoms with van der Waals surface area (Å²) in [4.78, 5) is 11.2. The van der Waals surface area contributed by atoms with Crippen molar-refractivity contribution < 1.29 is 19.0 Å². The third-order valence-electron chi connectivity index (χ3n) is 3.19. The van der Waals surface area contributed by atoms with Gasteiger partial charge >= 0.3 is 5.97 Å². The first kappa shape index (κ1) is 14.7. The van der Waals surface area contributed by atoms with Crippen molar-refractivity contribution in [2.75, 3.05) is 19.8 Å². The first-order valence-electron chi connectivity index (χ1n) is 6.98. The highest BCUT2D eigenvalue weighted by Crippen LogP contribution is 2.31. The minimum Gasteiger partial charge on any atom is -0.486 e. The van der Waals surface area contributed by atoms with E-state index in [1.54, 1.807) is 6.92 Å². The third-order valence-corrected chi connectivity index (χ3v) is 3.19. The van der Waals surface area contributed by atoms with Gasteiger partial charge in [0.2, 0.25) is 0 Å². The molecule has 2 rings (SSSR count). The van der Waals surface area contributed by atoms with Crippen LogP contribution in [0.2, 0.25) is 0 Å². The molecule has 1 N–H and O–H groups in total. The number of hydrogen-bond donors (Lipinski definition) is 1. The van der Waals surface area contributed by atoms with Crippen LogP contribution in [0.15, 0.2) is 24.3 Å². The van der Waals surface area contributed by atoms with Crippen molar-refractivity contribution in [3.8, 4) is 11.5 Å². The van der Waals surface area contributed by atoms with E-state index in [0.717, 1.165) is 11.5 Å². The smallest absolute Gasteiger partial charge is 0.307 e. The van der Waals surface area contributed by atoms with Gasteiger partial charge in [0.15, 0.2) is 11.5 Å². The molecule has 1 aliphatic rings. The van der Waals surface area contributed by atoms with Crippen LogP contribution >= 0.6 is 0 Å². The SMILES string of the molecule is CCOC(=O)CCN[C@@H](C)[C@@H]1COc2ccccc2O1. The Kier molecular flexibility index (Phi) is 5.24. The van der Waals surface area contributed by atoms with Crippen LogP contribution in [0, 0.1) is 0 Å². The third kappa shape index (κ3) is 3.87. The van der Waals surface area contributed by atoms with Crippen LogP contribution in [-0.2, 0) is 9.53 Å². The van der Waals surface area contributed by atoms with Gasteiger partial charge in [-0.1, -0.05) is 12.1 Å². The molecule has 1 aliphatic heterocycles. The lowest BCUT2D eigenvalue weighted by Gasteiger charge is -2.30. The zero-order valence-corrected chi connectivity index (χ0v) is 11.9. The predicted octanol–water partition coefficient (Wildman–Crippen LogP) is 1.76. The fourth-order valence-electron chi connectivity index (χ4n) is 2.05. The number of benzene rings is 1. The molecule has 0 aliphatic carbocycles. The summed E-state index contributed by atoms with van der Waals surface area (Å²) in [6, 6.07) is 7.72. The molecule has 2 atom stereocenters. The Hall–Kier alpha value is -1.75. The average molecular weight is 279 g/mol. The molecule has 0 amide bonds. The Morgan fingerprint density at radius 2 is 2.20 bits per heavy atom. The summed E-state index contributed by atoms with van der Waals surface area (Å²) in [5.41, 5.74) is 0. The van der Waals surface area contributed by atoms with Gasteiger partial charge in [-0.3, -0.25) is 4.79 Å². The minimum atomic E-state index is -0.182. The molecule has 0 spiro atoms. The van der Waals surface area contributed by atoms with Crippen molar-refractivity contribution in [3.05, 3.63) is 24.3 Å². The zero-order valence-electron chi connectivity index (χ0n) is 11.9. The molecule has 5 heteroatoms. The number of nitrogens with one attached hydrogen (secondary N) is 1. The molecule has 0 bridgehead atoms. The summed E-state index contributed by atoms with van der Waals surface area (Å²) >= 11 is 0. The molecule has 5 nitrogen and oxygen atoms in total. The van der Waals surface area contributed by atoms with E-state index in [9.17, 15) is 4.79 Å². The fraction of sp³-hybridized carbons (Fsp3) is 0.533. The van der Waals surface area contributed by atoms with Gasteiger partial charge in [-0.05, 0) is 26.0 Å². The first-order valence-corrected chi connectivity index (χ1v) is 6.98. The lowest BCUT2D eigenvalue weighted by molar-refractivity contribution is -0.143. The normalized spacial score (nSPS) is 18.4. The van der Waals surface area contributed by atoms with Crippen LogP contribution in [0.1, 0.15) is 20.3 Å².